The van der Waals surface area contributed by atoms with Crippen LogP contribution in [-0.4, -0.2) is 124 Å². The zero-order valence-corrected chi connectivity index (χ0v) is 40.9. The van der Waals surface area contributed by atoms with E-state index in [-0.39, 0.29) is 84.3 Å². The summed E-state index contributed by atoms with van der Waals surface area (Å²) in [5, 5.41) is 4.03. The van der Waals surface area contributed by atoms with E-state index in [1.807, 2.05) is 0 Å². The van der Waals surface area contributed by atoms with Gasteiger partial charge in [-0.15, -0.1) is 0 Å². The lowest BCUT2D eigenvalue weighted by atomic mass is 9.85. The molecule has 3 aliphatic rings. The lowest BCUT2D eigenvalue weighted by molar-refractivity contribution is -0.155. The van der Waals surface area contributed by atoms with E-state index in [4.69, 9.17) is 14.5 Å². The quantitative estimate of drug-likeness (QED) is 0.0896. The molecule has 4 amide bonds. The Morgan fingerprint density at radius 2 is 1.83 bits per heavy atom. The van der Waals surface area contributed by atoms with Gasteiger partial charge in [0.2, 0.25) is 17.7 Å². The largest absolute Gasteiger partial charge is 0.464 e. The van der Waals surface area contributed by atoms with Gasteiger partial charge in [0.15, 0.2) is 0 Å². The number of hydrogen-bond acceptors (Lipinski definition) is 10. The Morgan fingerprint density at radius 1 is 1.08 bits per heavy atom. The van der Waals surface area contributed by atoms with Gasteiger partial charge in [-0.1, -0.05) is 40.3 Å². The molecule has 1 aromatic carbocycles. The van der Waals surface area contributed by atoms with Gasteiger partial charge in [0.25, 0.3) is 12.3 Å². The Morgan fingerprint density at radius 3 is 2.51 bits per heavy atom. The van der Waals surface area contributed by atoms with Crippen LogP contribution in [0, 0.1) is 17.3 Å². The molecule has 2 N–H and O–H groups in total. The van der Waals surface area contributed by atoms with Crippen molar-refractivity contribution in [1.29, 1.82) is 0 Å². The third-order valence-electron chi connectivity index (χ3n) is 13.5. The number of nitrogens with one attached hydrogen (secondary N) is 2. The molecule has 0 radical (unpaired) electrons. The molecule has 15 nitrogen and oxygen atoms in total. The van der Waals surface area contributed by atoms with Gasteiger partial charge in [-0.05, 0) is 86.6 Å². The smallest absolute Gasteiger partial charge is 0.406 e. The summed E-state index contributed by atoms with van der Waals surface area (Å²) in [4.78, 5) is 81.7. The molecule has 6 bridgehead atoms. The first kappa shape index (κ1) is 52.5. The van der Waals surface area contributed by atoms with Gasteiger partial charge in [0.05, 0.1) is 46.7 Å². The van der Waals surface area contributed by atoms with Gasteiger partial charge in [0, 0.05) is 74.1 Å². The molecule has 0 saturated carbocycles. The number of likely N-dealkylation sites (N-methyl/N-ethyl adjacent to an activating group) is 1. The van der Waals surface area contributed by atoms with Gasteiger partial charge in [-0.25, -0.2) is 19.2 Å². The molecule has 71 heavy (non-hydrogen) atoms. The van der Waals surface area contributed by atoms with Gasteiger partial charge in [-0.2, -0.15) is 13.2 Å². The number of hydrazine groups is 1. The number of methoxy groups -OCH3 is 1. The zero-order chi connectivity index (χ0) is 51.7. The Kier molecular flexibility index (Phi) is 15.7. The Hall–Kier alpha value is -6.28. The molecule has 382 valence electrons. The molecule has 4 aromatic rings. The number of fused-ring (bicyclic) bond motifs is 6. The van der Waals surface area contributed by atoms with Crippen LogP contribution in [0.5, 0.6) is 0 Å². The second kappa shape index (κ2) is 21.2. The van der Waals surface area contributed by atoms with Crippen molar-refractivity contribution in [2.75, 3.05) is 40.4 Å². The van der Waals surface area contributed by atoms with E-state index in [2.05, 4.69) is 22.3 Å². The van der Waals surface area contributed by atoms with Crippen LogP contribution in [0.1, 0.15) is 88.8 Å². The van der Waals surface area contributed by atoms with Crippen molar-refractivity contribution >= 4 is 40.6 Å². The monoisotopic (exact) mass is 992 g/mol. The number of hydrogen-bond donors (Lipinski definition) is 2. The van der Waals surface area contributed by atoms with Gasteiger partial charge in [-0.3, -0.25) is 34.0 Å². The van der Waals surface area contributed by atoms with E-state index < -0.39 is 84.0 Å². The number of likely N-dealkylation sites (tertiary alicyclic amines) is 1. The summed E-state index contributed by atoms with van der Waals surface area (Å²) < 4.78 is 86.8. The van der Waals surface area contributed by atoms with E-state index in [0.717, 1.165) is 4.57 Å². The molecule has 2 fully saturated rings. The normalized spacial score (nSPS) is 20.7. The van der Waals surface area contributed by atoms with Crippen molar-refractivity contribution in [3.8, 4) is 22.5 Å². The molecule has 7 rings (SSSR count). The van der Waals surface area contributed by atoms with Crippen LogP contribution in [0.15, 0.2) is 61.3 Å². The number of rotatable bonds is 11. The minimum atomic E-state index is -4.71. The number of benzene rings is 1. The molecular weight excluding hydrogens is 932 g/mol. The number of alkyl halides is 5. The predicted molar refractivity (Wildman–Crippen MR) is 253 cm³/mol. The lowest BCUT2D eigenvalue weighted by Gasteiger charge is -2.37. The Labute approximate surface area is 409 Å². The minimum Gasteiger partial charge on any atom is -0.464 e. The van der Waals surface area contributed by atoms with Crippen molar-refractivity contribution in [2.24, 2.45) is 17.3 Å². The summed E-state index contributed by atoms with van der Waals surface area (Å²) in [5.74, 6) is -3.88. The van der Waals surface area contributed by atoms with Crippen molar-refractivity contribution in [2.45, 2.75) is 110 Å². The highest BCUT2D eigenvalue weighted by molar-refractivity contribution is 5.94. The zero-order valence-electron chi connectivity index (χ0n) is 40.9. The second-order valence-electron chi connectivity index (χ2n) is 19.8. The Balaban J connectivity index is 1.37. The van der Waals surface area contributed by atoms with Crippen LogP contribution in [0.25, 0.3) is 33.5 Å². The maximum atomic E-state index is 15.0. The van der Waals surface area contributed by atoms with E-state index >= 15 is 0 Å². The molecule has 3 aromatic heterocycles. The molecule has 3 aliphatic heterocycles. The highest BCUT2D eigenvalue weighted by atomic mass is 19.4. The average Bonchev–Trinajstić information content (AvgIpc) is 3.94. The fourth-order valence-corrected chi connectivity index (χ4v) is 9.97. The van der Waals surface area contributed by atoms with Crippen LogP contribution in [-0.2, 0) is 52.8 Å². The van der Waals surface area contributed by atoms with Gasteiger partial charge in [0.1, 0.15) is 24.7 Å². The van der Waals surface area contributed by atoms with Crippen LogP contribution >= 0.6 is 0 Å². The highest BCUT2D eigenvalue weighted by Gasteiger charge is 2.41. The molecule has 6 heterocycles. The molecule has 5 atom stereocenters. The van der Waals surface area contributed by atoms with E-state index in [1.165, 1.54) is 65.5 Å². The summed E-state index contributed by atoms with van der Waals surface area (Å²) in [6, 6.07) is 6.56. The number of carbonyl (C=O) groups is 5. The SMILES string of the molecule is C=CC(=O)N1CC[C@H](C(=O)N(C)[C@H](C(=O)N[C@H]2Cc3cc(cc(C(F)F)c3)-c3ccc4c(n3)c(c(-c3cccnc3[C@H](C)OC)n4CC(F)(F)F)CC(C)(C)COC(=O)[C@@H]3CCCN(N3)C2=O)C(C)C)C1. The van der Waals surface area contributed by atoms with Crippen molar-refractivity contribution in [1.82, 2.24) is 40.1 Å². The number of halogens is 5. The molecular formula is C51H61F5N8O7. The number of ether oxygens (including phenoxy) is 2. The summed E-state index contributed by atoms with van der Waals surface area (Å²) in [7, 11) is 2.93. The van der Waals surface area contributed by atoms with E-state index in [1.54, 1.807) is 52.8 Å². The summed E-state index contributed by atoms with van der Waals surface area (Å²) in [6.45, 7) is 11.2. The van der Waals surface area contributed by atoms with Crippen LogP contribution in [0.2, 0.25) is 0 Å². The summed E-state index contributed by atoms with van der Waals surface area (Å²) in [5.41, 5.74) is 3.53. The highest BCUT2D eigenvalue weighted by Crippen LogP contribution is 2.42. The number of aromatic nitrogens is 3. The second-order valence-corrected chi connectivity index (χ2v) is 19.8. The number of pyridine rings is 2. The predicted octanol–water partition coefficient (Wildman–Crippen LogP) is 7.14. The average molecular weight is 993 g/mol. The number of esters is 1. The molecule has 20 heteroatoms. The van der Waals surface area contributed by atoms with Crippen LogP contribution < -0.4 is 10.7 Å². The molecule has 0 aliphatic carbocycles. The van der Waals surface area contributed by atoms with Crippen LogP contribution in [0.4, 0.5) is 22.0 Å². The molecule has 0 unspecified atom stereocenters. The molecule has 0 spiro atoms. The fraction of sp³-hybridized carbons (Fsp3) is 0.510. The maximum Gasteiger partial charge on any atom is 0.406 e. The third kappa shape index (κ3) is 11.6. The fourth-order valence-electron chi connectivity index (χ4n) is 9.97. The number of cyclic esters (lactones) is 1. The van der Waals surface area contributed by atoms with Gasteiger partial charge < -0.3 is 29.2 Å². The summed E-state index contributed by atoms with van der Waals surface area (Å²) in [6.07, 6.45) is -5.03. The van der Waals surface area contributed by atoms with E-state index in [9.17, 15) is 45.9 Å². The van der Waals surface area contributed by atoms with Gasteiger partial charge >= 0.3 is 12.1 Å². The maximum absolute atomic E-state index is 15.0. The number of nitrogens with zero attached hydrogens (tertiary/aromatic N) is 6. The number of carbonyl (C=O) groups excluding carboxylic acids is 5. The first-order chi connectivity index (χ1) is 33.5. The number of amides is 4. The van der Waals surface area contributed by atoms with Crippen molar-refractivity contribution < 1.29 is 55.4 Å². The third-order valence-corrected chi connectivity index (χ3v) is 13.5. The standard InChI is InChI=1S/C51H61F5N8O7/c1-9-40(65)62-19-16-31(25-62)47(67)61(7)43(28(2)3)46(66)59-38-22-30-20-32(23-33(21-30)45(52)53)36-14-15-39-42(58-36)35(24-50(5,6)27-71-49(69)37-13-11-18-64(60-37)48(38)68)44(63(39)26-51(54,55)56)34-12-10-17-57-41(34)29(4)70-8/h9-10,12,14-15,17,20-21,23,28-29,31,37-38,43,45,60H,1,11,13,16,18-19,22,24-27H2,2-8H3,(H,59,66)/t29-,31-,37-,38-,43-/m0/s1. The van der Waals surface area contributed by atoms with Crippen molar-refractivity contribution in [3.05, 3.63) is 83.7 Å². The summed E-state index contributed by atoms with van der Waals surface area (Å²) >= 11 is 0. The topological polar surface area (TPSA) is 168 Å². The van der Waals surface area contributed by atoms with E-state index in [0.29, 0.717) is 36.2 Å². The first-order valence-corrected chi connectivity index (χ1v) is 23.7. The minimum absolute atomic E-state index is 0.0295. The Bertz CT molecular complexity index is 2690. The molecule has 2 saturated heterocycles. The first-order valence-electron chi connectivity index (χ1n) is 23.7. The van der Waals surface area contributed by atoms with Crippen molar-refractivity contribution in [3.63, 3.8) is 0 Å². The lowest BCUT2D eigenvalue weighted by Crippen LogP contribution is -2.62. The van der Waals surface area contributed by atoms with Crippen LogP contribution in [0.3, 0.4) is 0 Å².